The van der Waals surface area contributed by atoms with Crippen LogP contribution < -0.4 is 10.5 Å². The third-order valence-corrected chi connectivity index (χ3v) is 4.83. The maximum absolute atomic E-state index is 11.7. The van der Waals surface area contributed by atoms with E-state index in [2.05, 4.69) is 16.3 Å². The molecule has 3 aliphatic rings. The molecule has 2 saturated heterocycles. The van der Waals surface area contributed by atoms with Gasteiger partial charge >= 0.3 is 5.97 Å². The second-order valence-corrected chi connectivity index (χ2v) is 6.02. The fourth-order valence-corrected chi connectivity index (χ4v) is 3.74. The molecule has 1 aromatic heterocycles. The monoisotopic (exact) mass is 332 g/mol. The number of aromatic amines is 1. The fourth-order valence-electron chi connectivity index (χ4n) is 3.74. The van der Waals surface area contributed by atoms with Crippen LogP contribution in [-0.4, -0.2) is 42.3 Å². The molecule has 9 nitrogen and oxygen atoms in total. The molecule has 0 saturated carbocycles. The van der Waals surface area contributed by atoms with Crippen LogP contribution in [0.4, 0.5) is 0 Å². The Morgan fingerprint density at radius 2 is 2.46 bits per heavy atom. The Balaban J connectivity index is 1.90. The molecule has 24 heavy (non-hydrogen) atoms. The summed E-state index contributed by atoms with van der Waals surface area (Å²) in [5.41, 5.74) is 6.36. The van der Waals surface area contributed by atoms with Gasteiger partial charge in [-0.2, -0.15) is 5.26 Å². The van der Waals surface area contributed by atoms with Gasteiger partial charge in [-0.25, -0.2) is 0 Å². The van der Waals surface area contributed by atoms with Crippen LogP contribution in [0.2, 0.25) is 0 Å². The molecule has 2 fully saturated rings. The molecule has 0 amide bonds. The van der Waals surface area contributed by atoms with Crippen molar-refractivity contribution in [1.82, 2.24) is 10.2 Å². The Labute approximate surface area is 137 Å². The molecule has 3 atom stereocenters. The van der Waals surface area contributed by atoms with Crippen LogP contribution in [0.25, 0.3) is 0 Å². The van der Waals surface area contributed by atoms with Gasteiger partial charge in [-0.3, -0.25) is 9.89 Å². The molecule has 126 valence electrons. The van der Waals surface area contributed by atoms with Crippen molar-refractivity contribution in [1.29, 1.82) is 5.26 Å². The predicted molar refractivity (Wildman–Crippen MR) is 77.3 cm³/mol. The van der Waals surface area contributed by atoms with Gasteiger partial charge in [0.25, 0.3) is 0 Å². The highest BCUT2D eigenvalue weighted by Crippen LogP contribution is 2.54. The Morgan fingerprint density at radius 1 is 1.62 bits per heavy atom. The van der Waals surface area contributed by atoms with Crippen LogP contribution in [0.15, 0.2) is 11.5 Å². The van der Waals surface area contributed by atoms with Crippen LogP contribution >= 0.6 is 0 Å². The predicted octanol–water partition coefficient (Wildman–Crippen LogP) is -0.0154. The van der Waals surface area contributed by atoms with Gasteiger partial charge in [-0.05, 0) is 12.8 Å². The van der Waals surface area contributed by atoms with Gasteiger partial charge in [-0.1, -0.05) is 0 Å². The van der Waals surface area contributed by atoms with E-state index in [-0.39, 0.29) is 29.9 Å². The lowest BCUT2D eigenvalue weighted by atomic mass is 9.68. The van der Waals surface area contributed by atoms with Crippen LogP contribution in [0, 0.1) is 11.3 Å². The van der Waals surface area contributed by atoms with Crippen molar-refractivity contribution in [2.24, 2.45) is 5.73 Å². The first kappa shape index (κ1) is 15.0. The lowest BCUT2D eigenvalue weighted by Crippen LogP contribution is -2.49. The summed E-state index contributed by atoms with van der Waals surface area (Å²) in [6.07, 6.45) is 0.608. The molecule has 3 N–H and O–H groups in total. The van der Waals surface area contributed by atoms with Gasteiger partial charge < -0.3 is 24.7 Å². The van der Waals surface area contributed by atoms with E-state index in [0.29, 0.717) is 30.7 Å². The largest absolute Gasteiger partial charge is 0.469 e. The minimum absolute atomic E-state index is 0.00375. The first-order valence-electron chi connectivity index (χ1n) is 7.60. The average Bonchev–Trinajstić information content (AvgIpc) is 3.16. The molecule has 0 radical (unpaired) electrons. The number of nitrogens with one attached hydrogen (secondary N) is 1. The van der Waals surface area contributed by atoms with Crippen molar-refractivity contribution < 1.29 is 23.7 Å². The number of nitriles is 1. The van der Waals surface area contributed by atoms with Crippen molar-refractivity contribution in [2.45, 2.75) is 37.1 Å². The Kier molecular flexibility index (Phi) is 3.26. The summed E-state index contributed by atoms with van der Waals surface area (Å²) in [5.74, 6) is -0.207. The van der Waals surface area contributed by atoms with Crippen molar-refractivity contribution >= 4 is 5.97 Å². The number of esters is 1. The van der Waals surface area contributed by atoms with E-state index in [9.17, 15) is 10.1 Å². The van der Waals surface area contributed by atoms with Crippen molar-refractivity contribution in [2.75, 3.05) is 13.7 Å². The zero-order valence-electron chi connectivity index (χ0n) is 13.0. The van der Waals surface area contributed by atoms with E-state index in [4.69, 9.17) is 24.7 Å². The summed E-state index contributed by atoms with van der Waals surface area (Å²) < 4.78 is 21.9. The summed E-state index contributed by atoms with van der Waals surface area (Å²) in [5, 5.41) is 16.6. The minimum atomic E-state index is -0.935. The average molecular weight is 332 g/mol. The summed E-state index contributed by atoms with van der Waals surface area (Å²) in [6.45, 7) is 0.464. The number of ether oxygens (including phenoxy) is 4. The molecule has 2 bridgehead atoms. The SMILES string of the molecule is COC(=O)Cc1[nH]nc2c1C1(CCC3COC1O3)C(C#N)=C(N)O2. The van der Waals surface area contributed by atoms with E-state index < -0.39 is 17.7 Å². The summed E-state index contributed by atoms with van der Waals surface area (Å²) in [6, 6.07) is 2.13. The quantitative estimate of drug-likeness (QED) is 0.722. The number of hydrogen-bond donors (Lipinski definition) is 2. The first-order valence-corrected chi connectivity index (χ1v) is 7.60. The summed E-state index contributed by atoms with van der Waals surface area (Å²) in [7, 11) is 1.31. The lowest BCUT2D eigenvalue weighted by Gasteiger charge is -2.42. The maximum atomic E-state index is 11.7. The zero-order valence-corrected chi connectivity index (χ0v) is 13.0. The van der Waals surface area contributed by atoms with Crippen LogP contribution in [0.5, 0.6) is 5.88 Å². The number of carbonyl (C=O) groups is 1. The molecular weight excluding hydrogens is 316 g/mol. The van der Waals surface area contributed by atoms with E-state index in [0.717, 1.165) is 0 Å². The second kappa shape index (κ2) is 5.22. The maximum Gasteiger partial charge on any atom is 0.311 e. The minimum Gasteiger partial charge on any atom is -0.469 e. The van der Waals surface area contributed by atoms with Crippen molar-refractivity contribution in [3.05, 3.63) is 22.7 Å². The van der Waals surface area contributed by atoms with E-state index >= 15 is 0 Å². The molecule has 3 aliphatic heterocycles. The molecule has 0 aromatic carbocycles. The van der Waals surface area contributed by atoms with Gasteiger partial charge in [-0.15, -0.1) is 5.10 Å². The van der Waals surface area contributed by atoms with Crippen LogP contribution in [-0.2, 0) is 30.8 Å². The van der Waals surface area contributed by atoms with E-state index in [1.54, 1.807) is 0 Å². The number of carbonyl (C=O) groups excluding carboxylic acids is 1. The Morgan fingerprint density at radius 3 is 3.21 bits per heavy atom. The summed E-state index contributed by atoms with van der Waals surface area (Å²) >= 11 is 0. The number of aromatic nitrogens is 2. The third kappa shape index (κ3) is 1.87. The number of methoxy groups -OCH3 is 1. The summed E-state index contributed by atoms with van der Waals surface area (Å²) in [4.78, 5) is 11.7. The number of rotatable bonds is 2. The third-order valence-electron chi connectivity index (χ3n) is 4.83. The van der Waals surface area contributed by atoms with Crippen molar-refractivity contribution in [3.63, 3.8) is 0 Å². The molecular formula is C15H16N4O5. The first-order chi connectivity index (χ1) is 11.6. The van der Waals surface area contributed by atoms with E-state index in [1.807, 2.05) is 0 Å². The van der Waals surface area contributed by atoms with Gasteiger partial charge in [0.05, 0.1) is 42.9 Å². The molecule has 4 heterocycles. The number of hydrogen-bond acceptors (Lipinski definition) is 8. The number of fused-ring (bicyclic) bond motifs is 5. The van der Waals surface area contributed by atoms with Crippen molar-refractivity contribution in [3.8, 4) is 11.9 Å². The zero-order chi connectivity index (χ0) is 16.9. The topological polar surface area (TPSA) is 132 Å². The van der Waals surface area contributed by atoms with Gasteiger partial charge in [0, 0.05) is 0 Å². The van der Waals surface area contributed by atoms with Gasteiger partial charge in [0.1, 0.15) is 11.6 Å². The standard InChI is InChI=1S/C15H16N4O5/c1-21-10(20)4-9-11-13(19-18-9)24-12(17)8(5-16)15(11)3-2-7-6-22-14(15)23-7/h7,14H,2-4,6,17H2,1H3,(H,18,19). The number of H-pyrrole nitrogens is 1. The van der Waals surface area contributed by atoms with Gasteiger partial charge in [0.2, 0.25) is 11.8 Å². The Bertz CT molecular complexity index is 779. The van der Waals surface area contributed by atoms with Crippen LogP contribution in [0.3, 0.4) is 0 Å². The smallest absolute Gasteiger partial charge is 0.311 e. The second-order valence-electron chi connectivity index (χ2n) is 6.02. The molecule has 3 unspecified atom stereocenters. The Hall–Kier alpha value is -2.57. The number of nitrogens with zero attached hydrogens (tertiary/aromatic N) is 2. The fraction of sp³-hybridized carbons (Fsp3) is 0.533. The molecule has 4 rings (SSSR count). The normalized spacial score (nSPS) is 30.7. The molecule has 0 aliphatic carbocycles. The van der Waals surface area contributed by atoms with E-state index in [1.165, 1.54) is 7.11 Å². The molecule has 9 heteroatoms. The number of nitrogens with two attached hydrogens (primary N) is 1. The van der Waals surface area contributed by atoms with Crippen LogP contribution in [0.1, 0.15) is 24.1 Å². The lowest BCUT2D eigenvalue weighted by molar-refractivity contribution is -0.140. The highest BCUT2D eigenvalue weighted by atomic mass is 16.7. The molecule has 1 aromatic rings. The molecule has 1 spiro atoms. The highest BCUT2D eigenvalue weighted by molar-refractivity contribution is 5.73. The van der Waals surface area contributed by atoms with Gasteiger partial charge in [0.15, 0.2) is 6.29 Å². The highest BCUT2D eigenvalue weighted by Gasteiger charge is 2.58.